The fourth-order valence-corrected chi connectivity index (χ4v) is 3.69. The van der Waals surface area contributed by atoms with E-state index in [4.69, 9.17) is 10.5 Å². The Morgan fingerprint density at radius 2 is 2.08 bits per heavy atom. The Hall–Kier alpha value is -2.93. The Bertz CT molecular complexity index is 882. The lowest BCUT2D eigenvalue weighted by molar-refractivity contribution is -0.384. The highest BCUT2D eigenvalue weighted by Crippen LogP contribution is 2.43. The van der Waals surface area contributed by atoms with Gasteiger partial charge in [-0.25, -0.2) is 0 Å². The lowest BCUT2D eigenvalue weighted by atomic mass is 9.92. The summed E-state index contributed by atoms with van der Waals surface area (Å²) in [4.78, 5) is 25.0. The summed E-state index contributed by atoms with van der Waals surface area (Å²) in [6, 6.07) is 12.0. The van der Waals surface area contributed by atoms with E-state index >= 15 is 0 Å². The molecular weight excluding hydrogens is 322 g/mol. The summed E-state index contributed by atoms with van der Waals surface area (Å²) < 4.78 is 6.05. The van der Waals surface area contributed by atoms with Crippen molar-refractivity contribution in [1.29, 1.82) is 0 Å². The van der Waals surface area contributed by atoms with Gasteiger partial charge in [-0.15, -0.1) is 0 Å². The Morgan fingerprint density at radius 3 is 2.88 bits per heavy atom. The number of nitrogens with two attached hydrogens (primary N) is 1. The first-order valence-corrected chi connectivity index (χ1v) is 8.06. The first-order chi connectivity index (χ1) is 12.0. The molecule has 0 unspecified atom stereocenters. The molecule has 0 saturated carbocycles. The number of amides is 1. The number of carbonyl (C=O) groups is 1. The maximum atomic E-state index is 12.9. The van der Waals surface area contributed by atoms with Gasteiger partial charge in [0, 0.05) is 24.4 Å². The van der Waals surface area contributed by atoms with Gasteiger partial charge in [0.1, 0.15) is 5.60 Å². The molecule has 0 aliphatic carbocycles. The highest BCUT2D eigenvalue weighted by atomic mass is 16.6. The molecule has 2 heterocycles. The molecule has 7 nitrogen and oxygen atoms in total. The molecule has 1 fully saturated rings. The van der Waals surface area contributed by atoms with Gasteiger partial charge < -0.3 is 15.4 Å². The standard InChI is InChI=1S/C18H17N3O4/c19-16-6-5-13(21(23)24)9-14(16)17(22)20-8-7-18(11-20)15-4-2-1-3-12(15)10-25-18/h1-6,9H,7-8,10-11,19H2/t18-/m1/s1. The third kappa shape index (κ3) is 2.44. The van der Waals surface area contributed by atoms with Crippen LogP contribution in [-0.2, 0) is 16.9 Å². The Morgan fingerprint density at radius 1 is 1.28 bits per heavy atom. The van der Waals surface area contributed by atoms with Crippen LogP contribution in [0.5, 0.6) is 0 Å². The predicted molar refractivity (Wildman–Crippen MR) is 90.9 cm³/mol. The van der Waals surface area contributed by atoms with Crippen molar-refractivity contribution < 1.29 is 14.5 Å². The van der Waals surface area contributed by atoms with Crippen LogP contribution in [-0.4, -0.2) is 28.8 Å². The molecule has 2 aromatic rings. The van der Waals surface area contributed by atoms with Crippen LogP contribution >= 0.6 is 0 Å². The van der Waals surface area contributed by atoms with Crippen LogP contribution in [0.2, 0.25) is 0 Å². The van der Waals surface area contributed by atoms with Crippen LogP contribution in [0.1, 0.15) is 27.9 Å². The van der Waals surface area contributed by atoms with E-state index in [1.165, 1.54) is 18.2 Å². The molecule has 1 amide bonds. The molecule has 0 bridgehead atoms. The number of nitrogens with zero attached hydrogens (tertiary/aromatic N) is 2. The Labute approximate surface area is 144 Å². The lowest BCUT2D eigenvalue weighted by Crippen LogP contribution is -2.34. The molecule has 4 rings (SSSR count). The van der Waals surface area contributed by atoms with E-state index in [1.807, 2.05) is 24.3 Å². The average molecular weight is 339 g/mol. The average Bonchev–Trinajstić information content (AvgIpc) is 3.20. The zero-order valence-corrected chi connectivity index (χ0v) is 13.5. The van der Waals surface area contributed by atoms with E-state index in [0.29, 0.717) is 26.1 Å². The fraction of sp³-hybridized carbons (Fsp3) is 0.278. The van der Waals surface area contributed by atoms with Gasteiger partial charge in [-0.3, -0.25) is 14.9 Å². The second-order valence-corrected chi connectivity index (χ2v) is 6.45. The molecule has 128 valence electrons. The van der Waals surface area contributed by atoms with Crippen molar-refractivity contribution >= 4 is 17.3 Å². The van der Waals surface area contributed by atoms with Crippen molar-refractivity contribution in [3.63, 3.8) is 0 Å². The van der Waals surface area contributed by atoms with Crippen LogP contribution < -0.4 is 5.73 Å². The topological polar surface area (TPSA) is 98.7 Å². The highest BCUT2D eigenvalue weighted by Gasteiger charge is 2.47. The molecule has 1 saturated heterocycles. The number of nitro groups is 1. The van der Waals surface area contributed by atoms with Gasteiger partial charge in [0.05, 0.1) is 23.6 Å². The maximum Gasteiger partial charge on any atom is 0.270 e. The minimum atomic E-state index is -0.530. The quantitative estimate of drug-likeness (QED) is 0.515. The number of fused-ring (bicyclic) bond motifs is 2. The van der Waals surface area contributed by atoms with Crippen LogP contribution in [0.15, 0.2) is 42.5 Å². The van der Waals surface area contributed by atoms with Crippen LogP contribution in [0.25, 0.3) is 0 Å². The van der Waals surface area contributed by atoms with E-state index in [1.54, 1.807) is 4.90 Å². The first kappa shape index (κ1) is 15.6. The molecule has 2 aliphatic rings. The molecule has 2 aromatic carbocycles. The monoisotopic (exact) mass is 339 g/mol. The third-order valence-corrected chi connectivity index (χ3v) is 5.01. The lowest BCUT2D eigenvalue weighted by Gasteiger charge is -2.25. The predicted octanol–water partition coefficient (Wildman–Crippen LogP) is 2.45. The normalized spacial score (nSPS) is 21.5. The van der Waals surface area contributed by atoms with Gasteiger partial charge in [0.15, 0.2) is 0 Å². The molecule has 2 aliphatic heterocycles. The number of non-ortho nitro benzene ring substituents is 1. The molecule has 1 spiro atoms. The summed E-state index contributed by atoms with van der Waals surface area (Å²) >= 11 is 0. The summed E-state index contributed by atoms with van der Waals surface area (Å²) in [5.41, 5.74) is 7.92. The van der Waals surface area contributed by atoms with Gasteiger partial charge in [-0.05, 0) is 23.6 Å². The number of hydrogen-bond acceptors (Lipinski definition) is 5. The van der Waals surface area contributed by atoms with Crippen LogP contribution in [0.4, 0.5) is 11.4 Å². The number of carbonyl (C=O) groups excluding carboxylic acids is 1. The van der Waals surface area contributed by atoms with Crippen molar-refractivity contribution in [3.05, 3.63) is 69.3 Å². The van der Waals surface area contributed by atoms with E-state index in [2.05, 4.69) is 0 Å². The number of anilines is 1. The number of nitrogen functional groups attached to an aromatic ring is 1. The Balaban J connectivity index is 1.62. The van der Waals surface area contributed by atoms with Crippen LogP contribution in [0, 0.1) is 10.1 Å². The molecule has 1 atom stereocenters. The van der Waals surface area contributed by atoms with Crippen LogP contribution in [0.3, 0.4) is 0 Å². The number of ether oxygens (including phenoxy) is 1. The molecule has 25 heavy (non-hydrogen) atoms. The van der Waals surface area contributed by atoms with E-state index in [9.17, 15) is 14.9 Å². The second kappa shape index (κ2) is 5.56. The van der Waals surface area contributed by atoms with Gasteiger partial charge in [0.25, 0.3) is 11.6 Å². The Kier molecular flexibility index (Phi) is 3.47. The smallest absolute Gasteiger partial charge is 0.270 e. The molecular formula is C18H17N3O4. The largest absolute Gasteiger partial charge is 0.398 e. The zero-order valence-electron chi connectivity index (χ0n) is 13.5. The SMILES string of the molecule is Nc1ccc([N+](=O)[O-])cc1C(=O)N1CC[C@]2(C1)OCc1ccccc12. The fourth-order valence-electron chi connectivity index (χ4n) is 3.69. The number of benzene rings is 2. The van der Waals surface area contributed by atoms with Gasteiger partial charge in [0.2, 0.25) is 0 Å². The van der Waals surface area contributed by atoms with E-state index in [0.717, 1.165) is 11.1 Å². The van der Waals surface area contributed by atoms with E-state index < -0.39 is 10.5 Å². The van der Waals surface area contributed by atoms with Crippen molar-refractivity contribution in [2.24, 2.45) is 0 Å². The van der Waals surface area contributed by atoms with E-state index in [-0.39, 0.29) is 22.8 Å². The summed E-state index contributed by atoms with van der Waals surface area (Å²) in [5.74, 6) is -0.300. The molecule has 0 radical (unpaired) electrons. The van der Waals surface area contributed by atoms with Crippen molar-refractivity contribution in [2.75, 3.05) is 18.8 Å². The highest BCUT2D eigenvalue weighted by molar-refractivity contribution is 6.00. The zero-order chi connectivity index (χ0) is 17.6. The van der Waals surface area contributed by atoms with Gasteiger partial charge in [-0.1, -0.05) is 24.3 Å². The van der Waals surface area contributed by atoms with Crippen molar-refractivity contribution in [3.8, 4) is 0 Å². The molecule has 0 aromatic heterocycles. The number of likely N-dealkylation sites (tertiary alicyclic amines) is 1. The molecule has 7 heteroatoms. The minimum Gasteiger partial charge on any atom is -0.398 e. The summed E-state index contributed by atoms with van der Waals surface area (Å²) in [6.07, 6.45) is 0.699. The summed E-state index contributed by atoms with van der Waals surface area (Å²) in [6.45, 7) is 1.48. The third-order valence-electron chi connectivity index (χ3n) is 5.01. The van der Waals surface area contributed by atoms with Gasteiger partial charge in [-0.2, -0.15) is 0 Å². The number of nitro benzene ring substituents is 1. The minimum absolute atomic E-state index is 0.145. The molecule has 2 N–H and O–H groups in total. The maximum absolute atomic E-state index is 12.9. The summed E-state index contributed by atoms with van der Waals surface area (Å²) in [7, 11) is 0. The number of hydrogen-bond donors (Lipinski definition) is 1. The van der Waals surface area contributed by atoms with Gasteiger partial charge >= 0.3 is 0 Å². The van der Waals surface area contributed by atoms with Crippen molar-refractivity contribution in [2.45, 2.75) is 18.6 Å². The number of rotatable bonds is 2. The van der Waals surface area contributed by atoms with Crippen molar-refractivity contribution in [1.82, 2.24) is 4.90 Å². The summed E-state index contributed by atoms with van der Waals surface area (Å²) in [5, 5.41) is 11.0. The second-order valence-electron chi connectivity index (χ2n) is 6.45. The first-order valence-electron chi connectivity index (χ1n) is 8.06.